The van der Waals surface area contributed by atoms with Gasteiger partial charge in [0.25, 0.3) is 0 Å². The lowest BCUT2D eigenvalue weighted by Gasteiger charge is -2.13. The fourth-order valence-electron chi connectivity index (χ4n) is 2.13. The van der Waals surface area contributed by atoms with Gasteiger partial charge in [-0.3, -0.25) is 4.79 Å². The van der Waals surface area contributed by atoms with Crippen LogP contribution in [0.5, 0.6) is 0 Å². The number of hydrogen-bond donors (Lipinski definition) is 0. The molecule has 0 aliphatic heterocycles. The number of imidazole rings is 1. The molecule has 14 heavy (non-hydrogen) atoms. The number of hydrogen-bond acceptors (Lipinski definition) is 2. The molecule has 1 unspecified atom stereocenters. The summed E-state index contributed by atoms with van der Waals surface area (Å²) >= 11 is 0. The van der Waals surface area contributed by atoms with E-state index in [9.17, 15) is 4.79 Å². The van der Waals surface area contributed by atoms with Crippen LogP contribution in [-0.4, -0.2) is 15.3 Å². The van der Waals surface area contributed by atoms with Crippen molar-refractivity contribution in [3.05, 3.63) is 18.2 Å². The Kier molecular flexibility index (Phi) is 2.66. The maximum atomic E-state index is 11.2. The van der Waals surface area contributed by atoms with E-state index in [4.69, 9.17) is 0 Å². The molecule has 2 rings (SSSR count). The first kappa shape index (κ1) is 9.44. The molecule has 1 atom stereocenters. The summed E-state index contributed by atoms with van der Waals surface area (Å²) in [5, 5.41) is 0. The predicted octanol–water partition coefficient (Wildman–Crippen LogP) is 2.13. The fraction of sp³-hybridized carbons (Fsp3) is 0.636. The quantitative estimate of drug-likeness (QED) is 0.735. The van der Waals surface area contributed by atoms with E-state index in [1.165, 1.54) is 0 Å². The summed E-state index contributed by atoms with van der Waals surface area (Å²) in [5.41, 5.74) is 0. The van der Waals surface area contributed by atoms with Gasteiger partial charge in [-0.25, -0.2) is 4.98 Å². The van der Waals surface area contributed by atoms with Crippen molar-refractivity contribution < 1.29 is 4.79 Å². The van der Waals surface area contributed by atoms with Gasteiger partial charge in [-0.15, -0.1) is 0 Å². The van der Waals surface area contributed by atoms with Gasteiger partial charge in [0.15, 0.2) is 0 Å². The van der Waals surface area contributed by atoms with Crippen molar-refractivity contribution in [2.24, 2.45) is 0 Å². The van der Waals surface area contributed by atoms with Crippen molar-refractivity contribution in [2.45, 2.75) is 45.1 Å². The lowest BCUT2D eigenvalue weighted by Crippen LogP contribution is -2.08. The van der Waals surface area contributed by atoms with Crippen LogP contribution in [0.2, 0.25) is 0 Å². The molecule has 1 aliphatic rings. The zero-order valence-electron chi connectivity index (χ0n) is 8.57. The Hall–Kier alpha value is -1.12. The lowest BCUT2D eigenvalue weighted by molar-refractivity contribution is -0.117. The summed E-state index contributed by atoms with van der Waals surface area (Å²) in [7, 11) is 0. The molecule has 76 valence electrons. The van der Waals surface area contributed by atoms with Crippen LogP contribution in [-0.2, 0) is 11.2 Å². The summed E-state index contributed by atoms with van der Waals surface area (Å²) in [5.74, 6) is 1.53. The second-order valence-corrected chi connectivity index (χ2v) is 3.94. The molecule has 1 saturated carbocycles. The van der Waals surface area contributed by atoms with Crippen LogP contribution in [0.25, 0.3) is 0 Å². The van der Waals surface area contributed by atoms with E-state index in [1.807, 2.05) is 12.4 Å². The minimum Gasteiger partial charge on any atom is -0.331 e. The van der Waals surface area contributed by atoms with Crippen LogP contribution in [0.1, 0.15) is 44.5 Å². The lowest BCUT2D eigenvalue weighted by atomic mass is 10.2. The van der Waals surface area contributed by atoms with E-state index in [-0.39, 0.29) is 0 Å². The van der Waals surface area contributed by atoms with Crippen LogP contribution in [0.4, 0.5) is 0 Å². The first-order chi connectivity index (χ1) is 6.81. The standard InChI is InChI=1S/C11H16N2O/c1-2-3-11-12-6-7-13(11)9-4-5-10(14)8-9/h6-7,9H,2-5,8H2,1H3. The van der Waals surface area contributed by atoms with Gasteiger partial charge in [0.05, 0.1) is 0 Å². The number of aromatic nitrogens is 2. The van der Waals surface area contributed by atoms with Gasteiger partial charge >= 0.3 is 0 Å². The van der Waals surface area contributed by atoms with Crippen molar-refractivity contribution in [3.63, 3.8) is 0 Å². The summed E-state index contributed by atoms with van der Waals surface area (Å²) < 4.78 is 2.19. The molecule has 1 aliphatic carbocycles. The Labute approximate surface area is 84.1 Å². The molecule has 0 radical (unpaired) electrons. The van der Waals surface area contributed by atoms with E-state index < -0.39 is 0 Å². The van der Waals surface area contributed by atoms with Gasteiger partial charge in [0.1, 0.15) is 11.6 Å². The van der Waals surface area contributed by atoms with Crippen molar-refractivity contribution in [1.82, 2.24) is 9.55 Å². The van der Waals surface area contributed by atoms with Crippen molar-refractivity contribution >= 4 is 5.78 Å². The van der Waals surface area contributed by atoms with Crippen molar-refractivity contribution in [1.29, 1.82) is 0 Å². The molecule has 1 aromatic rings. The predicted molar refractivity (Wildman–Crippen MR) is 54.1 cm³/mol. The highest BCUT2D eigenvalue weighted by Gasteiger charge is 2.24. The topological polar surface area (TPSA) is 34.9 Å². The van der Waals surface area contributed by atoms with Gasteiger partial charge < -0.3 is 4.57 Å². The largest absolute Gasteiger partial charge is 0.331 e. The first-order valence-electron chi connectivity index (χ1n) is 5.34. The van der Waals surface area contributed by atoms with Gasteiger partial charge in [-0.05, 0) is 12.8 Å². The number of carbonyl (C=O) groups excluding carboxylic acids is 1. The Morgan fingerprint density at radius 2 is 2.50 bits per heavy atom. The monoisotopic (exact) mass is 192 g/mol. The zero-order chi connectivity index (χ0) is 9.97. The fourth-order valence-corrected chi connectivity index (χ4v) is 2.13. The molecular weight excluding hydrogens is 176 g/mol. The number of Topliss-reactive ketones (excluding diaryl/α,β-unsaturated/α-hetero) is 1. The third kappa shape index (κ3) is 1.72. The third-order valence-corrected chi connectivity index (χ3v) is 2.84. The van der Waals surface area contributed by atoms with E-state index >= 15 is 0 Å². The molecule has 1 aromatic heterocycles. The van der Waals surface area contributed by atoms with Crippen LogP contribution in [0.15, 0.2) is 12.4 Å². The maximum Gasteiger partial charge on any atom is 0.135 e. The zero-order valence-corrected chi connectivity index (χ0v) is 8.57. The Balaban J connectivity index is 2.14. The maximum absolute atomic E-state index is 11.2. The molecule has 3 heteroatoms. The molecule has 0 spiro atoms. The third-order valence-electron chi connectivity index (χ3n) is 2.84. The van der Waals surface area contributed by atoms with Crippen LogP contribution >= 0.6 is 0 Å². The van der Waals surface area contributed by atoms with Gasteiger partial charge in [-0.1, -0.05) is 6.92 Å². The number of rotatable bonds is 3. The molecule has 3 nitrogen and oxygen atoms in total. The minimum atomic E-state index is 0.381. The minimum absolute atomic E-state index is 0.381. The van der Waals surface area contributed by atoms with Crippen LogP contribution in [0.3, 0.4) is 0 Å². The molecule has 0 N–H and O–H groups in total. The van der Waals surface area contributed by atoms with Crippen molar-refractivity contribution in [3.8, 4) is 0 Å². The average molecular weight is 192 g/mol. The van der Waals surface area contributed by atoms with Gasteiger partial charge in [0, 0.05) is 37.7 Å². The smallest absolute Gasteiger partial charge is 0.135 e. The summed E-state index contributed by atoms with van der Waals surface area (Å²) in [6.45, 7) is 2.15. The molecule has 0 bridgehead atoms. The SMILES string of the molecule is CCCc1nccn1C1CCC(=O)C1. The van der Waals surface area contributed by atoms with E-state index in [0.29, 0.717) is 18.2 Å². The molecular formula is C11H16N2O. The molecule has 1 fully saturated rings. The second-order valence-electron chi connectivity index (χ2n) is 3.94. The highest BCUT2D eigenvalue weighted by atomic mass is 16.1. The summed E-state index contributed by atoms with van der Waals surface area (Å²) in [6, 6.07) is 0.381. The highest BCUT2D eigenvalue weighted by Crippen LogP contribution is 2.28. The number of carbonyl (C=O) groups is 1. The van der Waals surface area contributed by atoms with Gasteiger partial charge in [-0.2, -0.15) is 0 Å². The molecule has 0 amide bonds. The van der Waals surface area contributed by atoms with Crippen molar-refractivity contribution in [2.75, 3.05) is 0 Å². The first-order valence-corrected chi connectivity index (χ1v) is 5.34. The number of ketones is 1. The van der Waals surface area contributed by atoms with E-state index in [2.05, 4.69) is 16.5 Å². The summed E-state index contributed by atoms with van der Waals surface area (Å²) in [4.78, 5) is 15.5. The van der Waals surface area contributed by atoms with E-state index in [1.54, 1.807) is 0 Å². The van der Waals surface area contributed by atoms with E-state index in [0.717, 1.165) is 31.5 Å². The van der Waals surface area contributed by atoms with Gasteiger partial charge in [0.2, 0.25) is 0 Å². The number of nitrogens with zero attached hydrogens (tertiary/aromatic N) is 2. The molecule has 1 heterocycles. The average Bonchev–Trinajstić information content (AvgIpc) is 2.74. The van der Waals surface area contributed by atoms with Crippen LogP contribution < -0.4 is 0 Å². The normalized spacial score (nSPS) is 21.8. The second kappa shape index (κ2) is 3.95. The number of aryl methyl sites for hydroxylation is 1. The summed E-state index contributed by atoms with van der Waals surface area (Å²) in [6.07, 6.45) is 8.41. The Bertz CT molecular complexity index is 330. The Morgan fingerprint density at radius 1 is 1.64 bits per heavy atom. The highest BCUT2D eigenvalue weighted by molar-refractivity contribution is 5.80. The molecule has 0 saturated heterocycles. The van der Waals surface area contributed by atoms with Crippen LogP contribution in [0, 0.1) is 0 Å². The Morgan fingerprint density at radius 3 is 3.14 bits per heavy atom. The molecule has 0 aromatic carbocycles.